The van der Waals surface area contributed by atoms with Gasteiger partial charge in [0.25, 0.3) is 0 Å². The Labute approximate surface area is 68.0 Å². The normalized spacial score (nSPS) is 32.1. The average molecular weight is 159 g/mol. The first kappa shape index (κ1) is 8.41. The molecule has 1 rings (SSSR count). The van der Waals surface area contributed by atoms with E-state index < -0.39 is 0 Å². The first-order chi connectivity index (χ1) is 4.64. The molecule has 1 aliphatic heterocycles. The molecule has 1 N–H and O–H groups in total. The first-order valence-corrected chi connectivity index (χ1v) is 5.08. The van der Waals surface area contributed by atoms with Crippen molar-refractivity contribution in [2.24, 2.45) is 0 Å². The average Bonchev–Trinajstić information content (AvgIpc) is 1.86. The number of hydrogen-bond donors (Lipinski definition) is 1. The Bertz CT molecular complexity index is 112. The summed E-state index contributed by atoms with van der Waals surface area (Å²) < 4.78 is 0. The van der Waals surface area contributed by atoms with E-state index in [0.717, 1.165) is 0 Å². The van der Waals surface area contributed by atoms with Gasteiger partial charge in [0.1, 0.15) is 0 Å². The van der Waals surface area contributed by atoms with E-state index in [9.17, 15) is 0 Å². The van der Waals surface area contributed by atoms with Crippen molar-refractivity contribution in [1.29, 1.82) is 0 Å². The molecule has 1 atom stereocenters. The van der Waals surface area contributed by atoms with Crippen LogP contribution in [0, 0.1) is 0 Å². The van der Waals surface area contributed by atoms with Crippen molar-refractivity contribution >= 4 is 11.8 Å². The summed E-state index contributed by atoms with van der Waals surface area (Å²) in [7, 11) is 0. The van der Waals surface area contributed by atoms with Crippen molar-refractivity contribution in [1.82, 2.24) is 5.32 Å². The van der Waals surface area contributed by atoms with E-state index in [4.69, 9.17) is 0 Å². The maximum absolute atomic E-state index is 3.61. The van der Waals surface area contributed by atoms with Crippen LogP contribution in [-0.2, 0) is 0 Å². The van der Waals surface area contributed by atoms with Crippen molar-refractivity contribution in [2.45, 2.75) is 44.5 Å². The molecular formula is C8H17NS. The summed E-state index contributed by atoms with van der Waals surface area (Å²) in [6.07, 6.45) is 2.54. The summed E-state index contributed by atoms with van der Waals surface area (Å²) >= 11 is 2.05. The summed E-state index contributed by atoms with van der Waals surface area (Å²) in [6, 6.07) is 0. The minimum Gasteiger partial charge on any atom is -0.300 e. The lowest BCUT2D eigenvalue weighted by Crippen LogP contribution is -2.48. The van der Waals surface area contributed by atoms with Gasteiger partial charge in [-0.25, -0.2) is 0 Å². The van der Waals surface area contributed by atoms with E-state index >= 15 is 0 Å². The van der Waals surface area contributed by atoms with Crippen LogP contribution in [0.5, 0.6) is 0 Å². The zero-order valence-corrected chi connectivity index (χ0v) is 7.92. The minimum atomic E-state index is 0.381. The van der Waals surface area contributed by atoms with Crippen LogP contribution in [0.2, 0.25) is 0 Å². The zero-order chi connectivity index (χ0) is 7.61. The smallest absolute Gasteiger partial charge is 0.0533 e. The van der Waals surface area contributed by atoms with Gasteiger partial charge in [0.05, 0.1) is 5.37 Å². The molecule has 60 valence electrons. The Morgan fingerprint density at radius 1 is 1.60 bits per heavy atom. The molecule has 0 aliphatic carbocycles. The Balaban J connectivity index is 2.40. The van der Waals surface area contributed by atoms with Gasteiger partial charge in [-0.1, -0.05) is 6.92 Å². The highest BCUT2D eigenvalue weighted by molar-refractivity contribution is 7.99. The molecule has 0 radical (unpaired) electrons. The van der Waals surface area contributed by atoms with Crippen LogP contribution < -0.4 is 5.32 Å². The second kappa shape index (κ2) is 3.14. The van der Waals surface area contributed by atoms with E-state index in [2.05, 4.69) is 37.8 Å². The van der Waals surface area contributed by atoms with Crippen LogP contribution in [0.4, 0.5) is 0 Å². The van der Waals surface area contributed by atoms with Crippen molar-refractivity contribution in [2.75, 3.05) is 5.75 Å². The predicted molar refractivity (Wildman–Crippen MR) is 48.4 cm³/mol. The highest BCUT2D eigenvalue weighted by Crippen LogP contribution is 2.26. The van der Waals surface area contributed by atoms with Crippen LogP contribution in [0.25, 0.3) is 0 Å². The second-order valence-corrected chi connectivity index (χ2v) is 4.86. The second-order valence-electron chi connectivity index (χ2n) is 3.55. The van der Waals surface area contributed by atoms with Crippen molar-refractivity contribution in [3.05, 3.63) is 0 Å². The highest BCUT2D eigenvalue weighted by atomic mass is 32.2. The summed E-state index contributed by atoms with van der Waals surface area (Å²) in [6.45, 7) is 6.82. The molecule has 0 aromatic carbocycles. The number of nitrogens with one attached hydrogen (secondary N) is 1. The monoisotopic (exact) mass is 159 g/mol. The molecule has 0 bridgehead atoms. The van der Waals surface area contributed by atoms with Gasteiger partial charge in [0, 0.05) is 5.54 Å². The molecule has 2 heteroatoms. The maximum atomic E-state index is 3.61. The molecule has 0 aromatic rings. The third-order valence-corrected chi connectivity index (χ3v) is 3.26. The summed E-state index contributed by atoms with van der Waals surface area (Å²) in [4.78, 5) is 0. The number of thioether (sulfide) groups is 1. The summed E-state index contributed by atoms with van der Waals surface area (Å²) in [5.41, 5.74) is 0.381. The van der Waals surface area contributed by atoms with E-state index in [-0.39, 0.29) is 0 Å². The molecule has 0 aromatic heterocycles. The molecule has 0 amide bonds. The number of hydrogen-bond acceptors (Lipinski definition) is 2. The molecule has 0 saturated carbocycles. The lowest BCUT2D eigenvalue weighted by molar-refractivity contribution is 0.354. The third kappa shape index (κ3) is 2.17. The molecule has 1 unspecified atom stereocenters. The molecule has 10 heavy (non-hydrogen) atoms. The molecule has 1 nitrogen and oxygen atoms in total. The third-order valence-electron chi connectivity index (χ3n) is 1.97. The summed E-state index contributed by atoms with van der Waals surface area (Å²) in [5.74, 6) is 1.32. The first-order valence-electron chi connectivity index (χ1n) is 4.03. The predicted octanol–water partition coefficient (Wildman–Crippen LogP) is 2.23. The van der Waals surface area contributed by atoms with E-state index in [1.807, 2.05) is 0 Å². The molecule has 1 fully saturated rings. The molecule has 0 spiro atoms. The fourth-order valence-corrected chi connectivity index (χ4v) is 2.78. The quantitative estimate of drug-likeness (QED) is 0.629. The molecular weight excluding hydrogens is 142 g/mol. The Hall–Kier alpha value is 0.310. The van der Waals surface area contributed by atoms with Crippen LogP contribution in [-0.4, -0.2) is 16.7 Å². The van der Waals surface area contributed by atoms with Gasteiger partial charge in [0.2, 0.25) is 0 Å². The Kier molecular flexibility index (Phi) is 2.64. The summed E-state index contributed by atoms with van der Waals surface area (Å²) in [5, 5.41) is 4.30. The van der Waals surface area contributed by atoms with E-state index in [0.29, 0.717) is 10.9 Å². The standard InChI is InChI=1S/C8H17NS/c1-4-7-9-8(2,3)5-6-10-7/h7,9H,4-6H2,1-3H3. The molecule has 1 aliphatic rings. The Morgan fingerprint density at radius 3 is 2.70 bits per heavy atom. The van der Waals surface area contributed by atoms with Crippen LogP contribution >= 0.6 is 11.8 Å². The van der Waals surface area contributed by atoms with Gasteiger partial charge < -0.3 is 5.32 Å². The van der Waals surface area contributed by atoms with Crippen LogP contribution in [0.1, 0.15) is 33.6 Å². The van der Waals surface area contributed by atoms with Crippen molar-refractivity contribution in [3.63, 3.8) is 0 Å². The fraction of sp³-hybridized carbons (Fsp3) is 1.00. The van der Waals surface area contributed by atoms with Crippen LogP contribution in [0.15, 0.2) is 0 Å². The topological polar surface area (TPSA) is 12.0 Å². The maximum Gasteiger partial charge on any atom is 0.0533 e. The van der Waals surface area contributed by atoms with Crippen LogP contribution in [0.3, 0.4) is 0 Å². The van der Waals surface area contributed by atoms with Gasteiger partial charge in [-0.15, -0.1) is 11.8 Å². The van der Waals surface area contributed by atoms with Gasteiger partial charge in [-0.3, -0.25) is 0 Å². The van der Waals surface area contributed by atoms with Gasteiger partial charge in [-0.05, 0) is 32.4 Å². The zero-order valence-electron chi connectivity index (χ0n) is 7.11. The number of rotatable bonds is 1. The van der Waals surface area contributed by atoms with Gasteiger partial charge in [-0.2, -0.15) is 0 Å². The lowest BCUT2D eigenvalue weighted by atomic mass is 10.0. The largest absolute Gasteiger partial charge is 0.300 e. The van der Waals surface area contributed by atoms with Gasteiger partial charge >= 0.3 is 0 Å². The lowest BCUT2D eigenvalue weighted by Gasteiger charge is -2.36. The van der Waals surface area contributed by atoms with E-state index in [1.54, 1.807) is 0 Å². The highest BCUT2D eigenvalue weighted by Gasteiger charge is 2.25. The van der Waals surface area contributed by atoms with E-state index in [1.165, 1.54) is 18.6 Å². The van der Waals surface area contributed by atoms with Gasteiger partial charge in [0.15, 0.2) is 0 Å². The SMILES string of the molecule is CCC1NC(C)(C)CCS1. The van der Waals surface area contributed by atoms with Crippen molar-refractivity contribution < 1.29 is 0 Å². The van der Waals surface area contributed by atoms with Crippen molar-refractivity contribution in [3.8, 4) is 0 Å². The minimum absolute atomic E-state index is 0.381. The fourth-order valence-electron chi connectivity index (χ4n) is 1.23. The molecule has 1 heterocycles. The molecule has 1 saturated heterocycles. The Morgan fingerprint density at radius 2 is 2.30 bits per heavy atom.